The van der Waals surface area contributed by atoms with E-state index < -0.39 is 12.1 Å². The Labute approximate surface area is 176 Å². The maximum Gasteiger partial charge on any atom is 0.242 e. The third-order valence-corrected chi connectivity index (χ3v) is 5.49. The van der Waals surface area contributed by atoms with Gasteiger partial charge in [-0.2, -0.15) is 0 Å². The molecule has 0 spiro atoms. The van der Waals surface area contributed by atoms with Crippen molar-refractivity contribution < 1.29 is 24.5 Å². The molecule has 0 aliphatic heterocycles. The fourth-order valence-corrected chi connectivity index (χ4v) is 3.59. The number of aliphatic hydroxyl groups excluding tert-OH is 2. The van der Waals surface area contributed by atoms with E-state index in [1.807, 2.05) is 46.6 Å². The lowest BCUT2D eigenvalue weighted by Gasteiger charge is -2.36. The topological polar surface area (TPSA) is 102 Å². The summed E-state index contributed by atoms with van der Waals surface area (Å²) in [6.45, 7) is 11.0. The summed E-state index contributed by atoms with van der Waals surface area (Å²) in [6.07, 6.45) is 0.824. The molecule has 4 unspecified atom stereocenters. The van der Waals surface area contributed by atoms with Crippen molar-refractivity contribution in [1.82, 2.24) is 15.1 Å². The van der Waals surface area contributed by atoms with Gasteiger partial charge in [-0.25, -0.2) is 0 Å². The van der Waals surface area contributed by atoms with Crippen molar-refractivity contribution in [2.24, 2.45) is 11.8 Å². The number of ether oxygens (including phenoxy) is 1. The number of aliphatic hydroxyl groups is 2. The average molecular weight is 418 g/mol. The fourth-order valence-electron chi connectivity index (χ4n) is 3.59. The first-order chi connectivity index (χ1) is 13.6. The molecule has 0 heterocycles. The molecule has 0 bridgehead atoms. The van der Waals surface area contributed by atoms with Gasteiger partial charge in [0.15, 0.2) is 0 Å². The van der Waals surface area contributed by atoms with Gasteiger partial charge in [-0.15, -0.1) is 0 Å². The van der Waals surface area contributed by atoms with Crippen LogP contribution in [-0.2, 0) is 14.3 Å². The van der Waals surface area contributed by atoms with Gasteiger partial charge in [0, 0.05) is 13.6 Å². The Morgan fingerprint density at radius 2 is 1.69 bits per heavy atom. The van der Waals surface area contributed by atoms with Crippen molar-refractivity contribution in [1.29, 1.82) is 0 Å². The minimum atomic E-state index is -0.594. The van der Waals surface area contributed by atoms with E-state index in [-0.39, 0.29) is 49.5 Å². The van der Waals surface area contributed by atoms with E-state index in [1.165, 1.54) is 0 Å². The molecule has 8 nitrogen and oxygen atoms in total. The van der Waals surface area contributed by atoms with Crippen LogP contribution in [0, 0.1) is 11.8 Å². The second kappa shape index (κ2) is 14.7. The summed E-state index contributed by atoms with van der Waals surface area (Å²) in [5.41, 5.74) is 0. The zero-order chi connectivity index (χ0) is 22.6. The molecule has 29 heavy (non-hydrogen) atoms. The summed E-state index contributed by atoms with van der Waals surface area (Å²) in [4.78, 5) is 28.9. The zero-order valence-electron chi connectivity index (χ0n) is 19.4. The van der Waals surface area contributed by atoms with Crippen LogP contribution in [0.25, 0.3) is 0 Å². The highest BCUT2D eigenvalue weighted by molar-refractivity contribution is 5.87. The van der Waals surface area contributed by atoms with E-state index in [1.54, 1.807) is 11.9 Å². The van der Waals surface area contributed by atoms with Crippen molar-refractivity contribution in [3.63, 3.8) is 0 Å². The van der Waals surface area contributed by atoms with Crippen LogP contribution < -0.4 is 5.32 Å². The highest BCUT2D eigenvalue weighted by Crippen LogP contribution is 2.19. The Kier molecular flexibility index (Phi) is 14.1. The first-order valence-corrected chi connectivity index (χ1v) is 10.7. The molecular formula is C21H43N3O5. The number of nitrogens with one attached hydrogen (secondary N) is 1. The minimum Gasteiger partial charge on any atom is -0.394 e. The van der Waals surface area contributed by atoms with Crippen LogP contribution in [0.5, 0.6) is 0 Å². The number of hydrogen-bond acceptors (Lipinski definition) is 6. The predicted octanol–water partition coefficient (Wildman–Crippen LogP) is 0.712. The van der Waals surface area contributed by atoms with E-state index in [2.05, 4.69) is 5.32 Å². The van der Waals surface area contributed by atoms with Crippen LogP contribution in [0.1, 0.15) is 47.5 Å². The number of hydrogen-bond donors (Lipinski definition) is 3. The number of likely N-dealkylation sites (N-methyl/N-ethyl adjacent to an activating group) is 2. The fraction of sp³-hybridized carbons (Fsp3) is 0.905. The summed E-state index contributed by atoms with van der Waals surface area (Å²) in [5, 5.41) is 21.9. The monoisotopic (exact) mass is 417 g/mol. The van der Waals surface area contributed by atoms with Gasteiger partial charge >= 0.3 is 0 Å². The molecule has 0 aromatic carbocycles. The van der Waals surface area contributed by atoms with Crippen molar-refractivity contribution in [2.45, 2.75) is 65.6 Å². The number of nitrogens with zero attached hydrogens (tertiary/aromatic N) is 2. The number of amides is 2. The number of rotatable bonds is 15. The highest BCUT2D eigenvalue weighted by atomic mass is 16.5. The van der Waals surface area contributed by atoms with Crippen LogP contribution in [-0.4, -0.2) is 97.0 Å². The van der Waals surface area contributed by atoms with E-state index in [0.29, 0.717) is 19.6 Å². The first kappa shape index (κ1) is 27.8. The maximum absolute atomic E-state index is 12.7. The molecule has 0 radical (unpaired) electrons. The van der Waals surface area contributed by atoms with Gasteiger partial charge in [0.2, 0.25) is 11.8 Å². The summed E-state index contributed by atoms with van der Waals surface area (Å²) >= 11 is 0. The van der Waals surface area contributed by atoms with Gasteiger partial charge in [0.25, 0.3) is 0 Å². The summed E-state index contributed by atoms with van der Waals surface area (Å²) in [5.74, 6) is -0.210. The van der Waals surface area contributed by atoms with Crippen LogP contribution in [0.15, 0.2) is 0 Å². The second-order valence-electron chi connectivity index (χ2n) is 8.08. The van der Waals surface area contributed by atoms with Crippen LogP contribution in [0.4, 0.5) is 0 Å². The van der Waals surface area contributed by atoms with Gasteiger partial charge in [0.05, 0.1) is 44.6 Å². The zero-order valence-corrected chi connectivity index (χ0v) is 19.4. The average Bonchev–Trinajstić information content (AvgIpc) is 2.68. The molecule has 3 N–H and O–H groups in total. The van der Waals surface area contributed by atoms with E-state index in [0.717, 1.165) is 6.42 Å². The second-order valence-corrected chi connectivity index (χ2v) is 8.08. The van der Waals surface area contributed by atoms with Crippen molar-refractivity contribution in [2.75, 3.05) is 47.0 Å². The van der Waals surface area contributed by atoms with E-state index >= 15 is 0 Å². The molecule has 2 amide bonds. The molecular weight excluding hydrogens is 374 g/mol. The SMILES string of the molecule is CCC(C)C(C(O)CC)N(C)C(=O)CNC(=O)C(C(C)C)N(C)CCOCCO. The molecule has 0 fully saturated rings. The van der Waals surface area contributed by atoms with Crippen LogP contribution >= 0.6 is 0 Å². The normalized spacial score (nSPS) is 15.8. The van der Waals surface area contributed by atoms with Gasteiger partial charge in [-0.3, -0.25) is 14.5 Å². The molecule has 0 aliphatic carbocycles. The van der Waals surface area contributed by atoms with Crippen molar-refractivity contribution in [3.8, 4) is 0 Å². The number of carbonyl (C=O) groups is 2. The number of carbonyl (C=O) groups excluding carboxylic acids is 2. The minimum absolute atomic E-state index is 0.0300. The van der Waals surface area contributed by atoms with Gasteiger partial charge in [-0.05, 0) is 25.3 Å². The van der Waals surface area contributed by atoms with E-state index in [4.69, 9.17) is 9.84 Å². The lowest BCUT2D eigenvalue weighted by molar-refractivity contribution is -0.138. The molecule has 8 heteroatoms. The third kappa shape index (κ3) is 9.42. The lowest BCUT2D eigenvalue weighted by Crippen LogP contribution is -2.54. The molecule has 0 aromatic heterocycles. The molecule has 0 aromatic rings. The predicted molar refractivity (Wildman–Crippen MR) is 114 cm³/mol. The summed E-state index contributed by atoms with van der Waals surface area (Å²) < 4.78 is 5.28. The summed E-state index contributed by atoms with van der Waals surface area (Å²) in [7, 11) is 3.53. The molecule has 172 valence electrons. The quantitative estimate of drug-likeness (QED) is 0.339. The summed E-state index contributed by atoms with van der Waals surface area (Å²) in [6, 6.07) is -0.668. The smallest absolute Gasteiger partial charge is 0.242 e. The van der Waals surface area contributed by atoms with Gasteiger partial charge in [-0.1, -0.05) is 41.0 Å². The first-order valence-electron chi connectivity index (χ1n) is 10.7. The van der Waals surface area contributed by atoms with Gasteiger partial charge < -0.3 is 25.2 Å². The van der Waals surface area contributed by atoms with Crippen molar-refractivity contribution in [3.05, 3.63) is 0 Å². The molecule has 0 saturated heterocycles. The Morgan fingerprint density at radius 1 is 1.07 bits per heavy atom. The van der Waals surface area contributed by atoms with Crippen LogP contribution in [0.3, 0.4) is 0 Å². The standard InChI is InChI=1S/C21H43N3O5/c1-8-16(5)20(17(26)9-2)24(7)18(27)14-22-21(28)19(15(3)4)23(6)10-12-29-13-11-25/h15-17,19-20,25-26H,8-14H2,1-7H3,(H,22,28). The molecule has 0 rings (SSSR count). The van der Waals surface area contributed by atoms with Crippen molar-refractivity contribution >= 4 is 11.8 Å². The maximum atomic E-state index is 12.7. The highest BCUT2D eigenvalue weighted by Gasteiger charge is 2.31. The third-order valence-electron chi connectivity index (χ3n) is 5.49. The Hall–Kier alpha value is -1.22. The largest absolute Gasteiger partial charge is 0.394 e. The lowest BCUT2D eigenvalue weighted by atomic mass is 9.91. The molecule has 4 atom stereocenters. The Morgan fingerprint density at radius 3 is 2.17 bits per heavy atom. The van der Waals surface area contributed by atoms with Crippen LogP contribution in [0.2, 0.25) is 0 Å². The molecule has 0 aliphatic rings. The van der Waals surface area contributed by atoms with Gasteiger partial charge in [0.1, 0.15) is 0 Å². The molecule has 0 saturated carbocycles. The van der Waals surface area contributed by atoms with E-state index in [9.17, 15) is 14.7 Å². The Bertz CT molecular complexity index is 465. The Balaban J connectivity index is 4.88.